The maximum Gasteiger partial charge on any atom is 0.289 e. The van der Waals surface area contributed by atoms with Gasteiger partial charge in [0.15, 0.2) is 0 Å². The summed E-state index contributed by atoms with van der Waals surface area (Å²) in [6.07, 6.45) is 7.84. The number of nitrogens with zero attached hydrogens (tertiary/aromatic N) is 4. The van der Waals surface area contributed by atoms with Crippen LogP contribution in [0.1, 0.15) is 41.3 Å². The van der Waals surface area contributed by atoms with Crippen LogP contribution in [0.2, 0.25) is 0 Å². The van der Waals surface area contributed by atoms with Crippen LogP contribution < -0.4 is 5.32 Å². The highest BCUT2D eigenvalue weighted by Gasteiger charge is 2.39. The van der Waals surface area contributed by atoms with Crippen molar-refractivity contribution in [2.75, 3.05) is 13.1 Å². The number of amides is 1. The van der Waals surface area contributed by atoms with Gasteiger partial charge in [-0.05, 0) is 37.2 Å². The second kappa shape index (κ2) is 5.98. The molecular weight excluding hydrogens is 318 g/mol. The lowest BCUT2D eigenvalue weighted by atomic mass is 9.89. The number of hydrogen-bond donors (Lipinski definition) is 1. The highest BCUT2D eigenvalue weighted by atomic mass is 16.3. The fourth-order valence-electron chi connectivity index (χ4n) is 4.36. The van der Waals surface area contributed by atoms with Gasteiger partial charge in [0.1, 0.15) is 5.82 Å². The number of carbonyl (C=O) groups is 1. The van der Waals surface area contributed by atoms with Gasteiger partial charge in [0.05, 0.1) is 12.5 Å². The third-order valence-corrected chi connectivity index (χ3v) is 5.97. The molecule has 2 aromatic heterocycles. The van der Waals surface area contributed by atoms with E-state index in [1.165, 1.54) is 12.0 Å². The minimum absolute atomic E-state index is 0.0600. The highest BCUT2D eigenvalue weighted by molar-refractivity contribution is 5.91. The number of nitrogens with one attached hydrogen (secondary N) is 1. The van der Waals surface area contributed by atoms with Crippen molar-refractivity contribution in [3.05, 3.63) is 35.8 Å². The first-order chi connectivity index (χ1) is 12.3. The van der Waals surface area contributed by atoms with Gasteiger partial charge in [-0.1, -0.05) is 0 Å². The van der Waals surface area contributed by atoms with Crippen LogP contribution in [-0.2, 0) is 19.5 Å². The predicted octanol–water partition coefficient (Wildman–Crippen LogP) is 1.46. The SMILES string of the molecule is O=C(NC1CCC1)c1nnc2n1C[C@@H]1CN(Cc3ccoc3)C[C@@H]1C2. The van der Waals surface area contributed by atoms with Crippen LogP contribution in [0.3, 0.4) is 0 Å². The van der Waals surface area contributed by atoms with E-state index in [4.69, 9.17) is 4.42 Å². The first kappa shape index (κ1) is 15.1. The molecule has 0 spiro atoms. The van der Waals surface area contributed by atoms with Crippen molar-refractivity contribution in [2.24, 2.45) is 11.8 Å². The van der Waals surface area contributed by atoms with Crippen molar-refractivity contribution in [3.63, 3.8) is 0 Å². The Morgan fingerprint density at radius 1 is 1.24 bits per heavy atom. The molecule has 7 nitrogen and oxygen atoms in total. The average Bonchev–Trinajstić information content (AvgIpc) is 3.27. The van der Waals surface area contributed by atoms with Crippen molar-refractivity contribution >= 4 is 5.91 Å². The standard InChI is InChI=1S/C18H23N5O2/c24-18(19-15-2-1-3-15)17-21-20-16-6-13-8-22(7-12-4-5-25-11-12)9-14(13)10-23(16)17/h4-5,11,13-15H,1-3,6-10H2,(H,19,24)/t13-,14-/m0/s1. The summed E-state index contributed by atoms with van der Waals surface area (Å²) in [6, 6.07) is 2.36. The van der Waals surface area contributed by atoms with Crippen LogP contribution in [0.4, 0.5) is 0 Å². The summed E-state index contributed by atoms with van der Waals surface area (Å²) in [5.41, 5.74) is 1.22. The molecule has 0 bridgehead atoms. The lowest BCUT2D eigenvalue weighted by Crippen LogP contribution is -2.41. The van der Waals surface area contributed by atoms with E-state index in [9.17, 15) is 4.79 Å². The van der Waals surface area contributed by atoms with Gasteiger partial charge in [-0.15, -0.1) is 10.2 Å². The zero-order valence-corrected chi connectivity index (χ0v) is 14.2. The molecule has 1 aliphatic carbocycles. The molecule has 7 heteroatoms. The van der Waals surface area contributed by atoms with Gasteiger partial charge in [-0.2, -0.15) is 0 Å². The lowest BCUT2D eigenvalue weighted by molar-refractivity contribution is 0.0898. The predicted molar refractivity (Wildman–Crippen MR) is 89.8 cm³/mol. The van der Waals surface area contributed by atoms with Gasteiger partial charge in [0, 0.05) is 44.2 Å². The molecule has 132 valence electrons. The Bertz CT molecular complexity index is 765. The molecule has 25 heavy (non-hydrogen) atoms. The third kappa shape index (κ3) is 2.76. The molecule has 2 aromatic rings. The Balaban J connectivity index is 1.28. The molecule has 2 fully saturated rings. The normalized spacial score (nSPS) is 26.1. The third-order valence-electron chi connectivity index (χ3n) is 5.97. The first-order valence-corrected chi connectivity index (χ1v) is 9.22. The Hall–Kier alpha value is -2.15. The van der Waals surface area contributed by atoms with Gasteiger partial charge in [-0.25, -0.2) is 0 Å². The molecule has 4 heterocycles. The Morgan fingerprint density at radius 3 is 2.88 bits per heavy atom. The van der Waals surface area contributed by atoms with E-state index in [0.717, 1.165) is 51.3 Å². The van der Waals surface area contributed by atoms with E-state index in [1.54, 1.807) is 6.26 Å². The van der Waals surface area contributed by atoms with Crippen molar-refractivity contribution < 1.29 is 9.21 Å². The number of aromatic nitrogens is 3. The van der Waals surface area contributed by atoms with Crippen LogP contribution >= 0.6 is 0 Å². The van der Waals surface area contributed by atoms with E-state index in [2.05, 4.69) is 25.0 Å². The van der Waals surface area contributed by atoms with Crippen molar-refractivity contribution in [2.45, 2.75) is 44.8 Å². The zero-order valence-electron chi connectivity index (χ0n) is 14.2. The van der Waals surface area contributed by atoms with Crippen molar-refractivity contribution in [3.8, 4) is 0 Å². The molecule has 2 atom stereocenters. The van der Waals surface area contributed by atoms with Crippen LogP contribution in [0.15, 0.2) is 23.0 Å². The summed E-state index contributed by atoms with van der Waals surface area (Å²) in [7, 11) is 0. The zero-order chi connectivity index (χ0) is 16.8. The van der Waals surface area contributed by atoms with E-state index in [1.807, 2.05) is 12.3 Å². The van der Waals surface area contributed by atoms with Crippen LogP contribution in [0, 0.1) is 11.8 Å². The van der Waals surface area contributed by atoms with Crippen molar-refractivity contribution in [1.82, 2.24) is 25.0 Å². The van der Waals surface area contributed by atoms with Crippen molar-refractivity contribution in [1.29, 1.82) is 0 Å². The second-order valence-electron chi connectivity index (χ2n) is 7.70. The van der Waals surface area contributed by atoms with Gasteiger partial charge < -0.3 is 14.3 Å². The quantitative estimate of drug-likeness (QED) is 0.911. The molecule has 5 rings (SSSR count). The second-order valence-corrected chi connectivity index (χ2v) is 7.70. The summed E-state index contributed by atoms with van der Waals surface area (Å²) in [4.78, 5) is 15.0. The van der Waals surface area contributed by atoms with E-state index in [-0.39, 0.29) is 5.91 Å². The molecule has 0 radical (unpaired) electrons. The lowest BCUT2D eigenvalue weighted by Gasteiger charge is -2.28. The minimum atomic E-state index is -0.0600. The van der Waals surface area contributed by atoms with Crippen LogP contribution in [0.25, 0.3) is 0 Å². The molecule has 0 aromatic carbocycles. The Kier molecular flexibility index (Phi) is 3.62. The van der Waals surface area contributed by atoms with Gasteiger partial charge in [0.25, 0.3) is 5.91 Å². The van der Waals surface area contributed by atoms with E-state index in [0.29, 0.717) is 23.7 Å². The van der Waals surface area contributed by atoms with Gasteiger partial charge in [-0.3, -0.25) is 9.69 Å². The van der Waals surface area contributed by atoms with E-state index < -0.39 is 0 Å². The molecule has 1 saturated carbocycles. The number of hydrogen-bond acceptors (Lipinski definition) is 5. The number of carbonyl (C=O) groups excluding carboxylic acids is 1. The number of likely N-dealkylation sites (tertiary alicyclic amines) is 1. The summed E-state index contributed by atoms with van der Waals surface area (Å²) >= 11 is 0. The molecule has 1 saturated heterocycles. The largest absolute Gasteiger partial charge is 0.472 e. The molecule has 2 aliphatic heterocycles. The van der Waals surface area contributed by atoms with E-state index >= 15 is 0 Å². The molecule has 3 aliphatic rings. The smallest absolute Gasteiger partial charge is 0.289 e. The maximum atomic E-state index is 12.5. The maximum absolute atomic E-state index is 12.5. The Labute approximate surface area is 146 Å². The molecule has 0 unspecified atom stereocenters. The average molecular weight is 341 g/mol. The fourth-order valence-corrected chi connectivity index (χ4v) is 4.36. The molecule has 1 N–H and O–H groups in total. The summed E-state index contributed by atoms with van der Waals surface area (Å²) in [5.74, 6) is 2.56. The number of fused-ring (bicyclic) bond motifs is 2. The van der Waals surface area contributed by atoms with Gasteiger partial charge in [0.2, 0.25) is 5.82 Å². The molecular formula is C18H23N5O2. The van der Waals surface area contributed by atoms with Gasteiger partial charge >= 0.3 is 0 Å². The topological polar surface area (TPSA) is 76.2 Å². The fraction of sp³-hybridized carbons (Fsp3) is 0.611. The highest BCUT2D eigenvalue weighted by Crippen LogP contribution is 2.33. The first-order valence-electron chi connectivity index (χ1n) is 9.22. The number of furan rings is 1. The number of rotatable bonds is 4. The van der Waals surface area contributed by atoms with Crippen LogP contribution in [0.5, 0.6) is 0 Å². The summed E-state index contributed by atoms with van der Waals surface area (Å²) in [5, 5.41) is 11.6. The monoisotopic (exact) mass is 341 g/mol. The minimum Gasteiger partial charge on any atom is -0.472 e. The van der Waals surface area contributed by atoms with Crippen LogP contribution in [-0.4, -0.2) is 44.7 Å². The Morgan fingerprint density at radius 2 is 2.12 bits per heavy atom. The summed E-state index contributed by atoms with van der Waals surface area (Å²) < 4.78 is 7.23. The molecule has 1 amide bonds. The summed E-state index contributed by atoms with van der Waals surface area (Å²) in [6.45, 7) is 3.91.